The normalized spacial score (nSPS) is 10.6. The van der Waals surface area contributed by atoms with Crippen molar-refractivity contribution < 1.29 is 22.7 Å². The van der Waals surface area contributed by atoms with Crippen LogP contribution < -0.4 is 0 Å². The van der Waals surface area contributed by atoms with Gasteiger partial charge in [0.25, 0.3) is 0 Å². The molecule has 0 heterocycles. The molecule has 0 unspecified atom stereocenters. The molecule has 2 aromatic rings. The maximum atomic E-state index is 13.4. The first-order valence-electron chi connectivity index (χ1n) is 4.62. The van der Waals surface area contributed by atoms with Gasteiger partial charge in [-0.15, -0.1) is 0 Å². The van der Waals surface area contributed by atoms with Crippen molar-refractivity contribution in [3.63, 3.8) is 0 Å². The Morgan fingerprint density at radius 2 is 1.53 bits per heavy atom. The molecule has 0 bridgehead atoms. The highest BCUT2D eigenvalue weighted by molar-refractivity contribution is 5.65. The van der Waals surface area contributed by atoms with Gasteiger partial charge >= 0.3 is 0 Å². The van der Waals surface area contributed by atoms with Crippen LogP contribution in [0.15, 0.2) is 30.3 Å². The molecule has 0 fully saturated rings. The van der Waals surface area contributed by atoms with Crippen molar-refractivity contribution in [2.45, 2.75) is 0 Å². The van der Waals surface area contributed by atoms with E-state index in [0.717, 1.165) is 24.3 Å². The van der Waals surface area contributed by atoms with Crippen LogP contribution in [0.25, 0.3) is 11.1 Å². The molecule has 0 saturated carbocycles. The molecule has 17 heavy (non-hydrogen) atoms. The third kappa shape index (κ3) is 2.08. The van der Waals surface area contributed by atoms with Gasteiger partial charge in [0.2, 0.25) is 0 Å². The summed E-state index contributed by atoms with van der Waals surface area (Å²) >= 11 is 0. The average Bonchev–Trinajstić information content (AvgIpc) is 2.25. The number of halogens is 4. The Morgan fingerprint density at radius 1 is 0.824 bits per heavy atom. The van der Waals surface area contributed by atoms with E-state index in [1.54, 1.807) is 0 Å². The molecule has 0 aliphatic carbocycles. The molecule has 1 N–H and O–H groups in total. The zero-order valence-corrected chi connectivity index (χ0v) is 8.35. The summed E-state index contributed by atoms with van der Waals surface area (Å²) in [5.41, 5.74) is -0.195. The van der Waals surface area contributed by atoms with Gasteiger partial charge in [0.1, 0.15) is 11.6 Å². The number of benzene rings is 2. The third-order valence-corrected chi connectivity index (χ3v) is 2.25. The molecule has 0 aromatic heterocycles. The molecular formula is C12H6F4O. The predicted molar refractivity (Wildman–Crippen MR) is 53.4 cm³/mol. The number of phenols is 1. The van der Waals surface area contributed by atoms with Gasteiger partial charge in [0, 0.05) is 11.6 Å². The molecule has 0 saturated heterocycles. The van der Waals surface area contributed by atoms with Crippen molar-refractivity contribution in [1.82, 2.24) is 0 Å². The van der Waals surface area contributed by atoms with Gasteiger partial charge in [-0.05, 0) is 29.8 Å². The molecule has 2 rings (SSSR count). The van der Waals surface area contributed by atoms with E-state index < -0.39 is 29.0 Å². The highest BCUT2D eigenvalue weighted by Crippen LogP contribution is 2.29. The smallest absolute Gasteiger partial charge is 0.200 e. The van der Waals surface area contributed by atoms with E-state index in [0.29, 0.717) is 6.07 Å². The van der Waals surface area contributed by atoms with Crippen LogP contribution in [0, 0.1) is 23.3 Å². The minimum Gasteiger partial charge on any atom is -0.505 e. The highest BCUT2D eigenvalue weighted by Gasteiger charge is 2.13. The van der Waals surface area contributed by atoms with Gasteiger partial charge in [-0.2, -0.15) is 4.39 Å². The van der Waals surface area contributed by atoms with Crippen LogP contribution in [-0.2, 0) is 0 Å². The lowest BCUT2D eigenvalue weighted by molar-refractivity contribution is 0.407. The second-order valence-corrected chi connectivity index (χ2v) is 3.42. The van der Waals surface area contributed by atoms with Gasteiger partial charge in [0.05, 0.1) is 0 Å². The summed E-state index contributed by atoms with van der Waals surface area (Å²) in [4.78, 5) is 0. The zero-order chi connectivity index (χ0) is 12.6. The second kappa shape index (κ2) is 4.08. The van der Waals surface area contributed by atoms with Crippen molar-refractivity contribution >= 4 is 0 Å². The fourth-order valence-electron chi connectivity index (χ4n) is 1.45. The summed E-state index contributed by atoms with van der Waals surface area (Å²) in [6, 6.07) is 4.28. The predicted octanol–water partition coefficient (Wildman–Crippen LogP) is 3.62. The summed E-state index contributed by atoms with van der Waals surface area (Å²) in [6.45, 7) is 0. The van der Waals surface area contributed by atoms with E-state index in [2.05, 4.69) is 0 Å². The number of rotatable bonds is 1. The Bertz CT molecular complexity index is 558. The van der Waals surface area contributed by atoms with E-state index in [1.165, 1.54) is 0 Å². The Labute approximate surface area is 93.9 Å². The highest BCUT2D eigenvalue weighted by atomic mass is 19.2. The van der Waals surface area contributed by atoms with Crippen LogP contribution in [0.3, 0.4) is 0 Å². The number of hydrogen-bond donors (Lipinski definition) is 1. The van der Waals surface area contributed by atoms with E-state index in [-0.39, 0.29) is 11.1 Å². The lowest BCUT2D eigenvalue weighted by Crippen LogP contribution is -1.90. The molecule has 0 amide bonds. The molecule has 5 heteroatoms. The maximum absolute atomic E-state index is 13.4. The number of phenolic OH excluding ortho intramolecular Hbond substituents is 1. The standard InChI is InChI=1S/C12H6F4O/c13-7-1-2-8(9(14)5-7)6-3-10(15)12(16)11(17)4-6/h1-5,17H. The zero-order valence-electron chi connectivity index (χ0n) is 8.35. The van der Waals surface area contributed by atoms with Crippen molar-refractivity contribution in [3.05, 3.63) is 53.6 Å². The van der Waals surface area contributed by atoms with E-state index in [4.69, 9.17) is 5.11 Å². The average molecular weight is 242 g/mol. The lowest BCUT2D eigenvalue weighted by atomic mass is 10.0. The van der Waals surface area contributed by atoms with Crippen molar-refractivity contribution in [2.24, 2.45) is 0 Å². The Balaban J connectivity index is 2.61. The summed E-state index contributed by atoms with van der Waals surface area (Å²) < 4.78 is 51.8. The van der Waals surface area contributed by atoms with Gasteiger partial charge < -0.3 is 5.11 Å². The van der Waals surface area contributed by atoms with Crippen LogP contribution in [0.5, 0.6) is 5.75 Å². The Morgan fingerprint density at radius 3 is 2.12 bits per heavy atom. The summed E-state index contributed by atoms with van der Waals surface area (Å²) in [5.74, 6) is -5.34. The third-order valence-electron chi connectivity index (χ3n) is 2.25. The van der Waals surface area contributed by atoms with Gasteiger partial charge in [0.15, 0.2) is 17.4 Å². The minimum atomic E-state index is -1.41. The fourth-order valence-corrected chi connectivity index (χ4v) is 1.45. The van der Waals surface area contributed by atoms with Crippen molar-refractivity contribution in [2.75, 3.05) is 0 Å². The fraction of sp³-hybridized carbons (Fsp3) is 0. The Kier molecular flexibility index (Phi) is 2.75. The summed E-state index contributed by atoms with van der Waals surface area (Å²) in [7, 11) is 0. The molecule has 0 atom stereocenters. The first-order valence-corrected chi connectivity index (χ1v) is 4.62. The van der Waals surface area contributed by atoms with E-state index >= 15 is 0 Å². The van der Waals surface area contributed by atoms with Gasteiger partial charge in [-0.25, -0.2) is 13.2 Å². The monoisotopic (exact) mass is 242 g/mol. The topological polar surface area (TPSA) is 20.2 Å². The quantitative estimate of drug-likeness (QED) is 0.757. The SMILES string of the molecule is Oc1cc(-c2ccc(F)cc2F)cc(F)c1F. The first-order chi connectivity index (χ1) is 7.99. The van der Waals surface area contributed by atoms with Gasteiger partial charge in [-0.1, -0.05) is 0 Å². The largest absolute Gasteiger partial charge is 0.505 e. The molecular weight excluding hydrogens is 236 g/mol. The molecule has 1 nitrogen and oxygen atoms in total. The van der Waals surface area contributed by atoms with Crippen LogP contribution in [0.1, 0.15) is 0 Å². The molecule has 88 valence electrons. The molecule has 0 radical (unpaired) electrons. The number of hydrogen-bond acceptors (Lipinski definition) is 1. The molecule has 0 aliphatic heterocycles. The second-order valence-electron chi connectivity index (χ2n) is 3.42. The van der Waals surface area contributed by atoms with Crippen LogP contribution in [0.4, 0.5) is 17.6 Å². The number of aromatic hydroxyl groups is 1. The van der Waals surface area contributed by atoms with Crippen molar-refractivity contribution in [3.8, 4) is 16.9 Å². The van der Waals surface area contributed by atoms with Crippen LogP contribution in [0.2, 0.25) is 0 Å². The van der Waals surface area contributed by atoms with E-state index in [1.807, 2.05) is 0 Å². The minimum absolute atomic E-state index is 0.0705. The van der Waals surface area contributed by atoms with Crippen molar-refractivity contribution in [1.29, 1.82) is 0 Å². The Hall–Kier alpha value is -2.04. The molecule has 0 aliphatic rings. The van der Waals surface area contributed by atoms with Gasteiger partial charge in [-0.3, -0.25) is 0 Å². The summed E-state index contributed by atoms with van der Waals surface area (Å²) in [6.07, 6.45) is 0. The molecule has 2 aromatic carbocycles. The van der Waals surface area contributed by atoms with Crippen LogP contribution in [-0.4, -0.2) is 5.11 Å². The maximum Gasteiger partial charge on any atom is 0.200 e. The van der Waals surface area contributed by atoms with Crippen LogP contribution >= 0.6 is 0 Å². The van der Waals surface area contributed by atoms with E-state index in [9.17, 15) is 17.6 Å². The first kappa shape index (κ1) is 11.4. The molecule has 0 spiro atoms. The lowest BCUT2D eigenvalue weighted by Gasteiger charge is -2.05. The summed E-state index contributed by atoms with van der Waals surface area (Å²) in [5, 5.41) is 9.08.